The lowest BCUT2D eigenvalue weighted by atomic mass is 9.92. The molecular formula is C22H12ClF4N5. The second-order valence-electron chi connectivity index (χ2n) is 7.27. The van der Waals surface area contributed by atoms with Crippen molar-refractivity contribution >= 4 is 34.3 Å². The minimum Gasteiger partial charge on any atom is -0.358 e. The predicted octanol–water partition coefficient (Wildman–Crippen LogP) is 5.87. The van der Waals surface area contributed by atoms with Gasteiger partial charge in [-0.1, -0.05) is 35.3 Å². The fourth-order valence-corrected chi connectivity index (χ4v) is 4.29. The zero-order valence-electron chi connectivity index (χ0n) is 16.1. The van der Waals surface area contributed by atoms with Gasteiger partial charge in [0.25, 0.3) is 0 Å². The number of anilines is 1. The number of nitrogens with zero attached hydrogens (tertiary/aromatic N) is 4. The van der Waals surface area contributed by atoms with Crippen molar-refractivity contribution in [3.05, 3.63) is 93.1 Å². The zero-order valence-corrected chi connectivity index (χ0v) is 16.9. The third kappa shape index (κ3) is 3.07. The standard InChI is InChI=1S/C22H12ClF4N5/c1-28-21-16(26)9-29-22(31-21)32-6-5-10-12-7-13(23)15(25)8-17(12)30-19(10)20(32)11-3-2-4-14(24)18(11)27/h2-4,7-9,20,30H,5-6H2. The van der Waals surface area contributed by atoms with Crippen molar-refractivity contribution in [2.24, 2.45) is 0 Å². The summed E-state index contributed by atoms with van der Waals surface area (Å²) in [6.07, 6.45) is 1.28. The van der Waals surface area contributed by atoms with E-state index >= 15 is 0 Å². The highest BCUT2D eigenvalue weighted by molar-refractivity contribution is 6.31. The highest BCUT2D eigenvalue weighted by atomic mass is 35.5. The minimum atomic E-state index is -1.06. The Morgan fingerprint density at radius 2 is 1.94 bits per heavy atom. The number of rotatable bonds is 2. The maximum Gasteiger partial charge on any atom is 0.323 e. The summed E-state index contributed by atoms with van der Waals surface area (Å²) in [4.78, 5) is 15.7. The van der Waals surface area contributed by atoms with Crippen LogP contribution in [0.1, 0.15) is 22.9 Å². The van der Waals surface area contributed by atoms with Crippen molar-refractivity contribution in [3.63, 3.8) is 0 Å². The van der Waals surface area contributed by atoms with Gasteiger partial charge in [-0.2, -0.15) is 4.98 Å². The van der Waals surface area contributed by atoms with Crippen molar-refractivity contribution in [1.82, 2.24) is 15.0 Å². The molecule has 1 aliphatic heterocycles. The Kier molecular flexibility index (Phi) is 4.75. The molecule has 1 unspecified atom stereocenters. The maximum atomic E-state index is 14.9. The van der Waals surface area contributed by atoms with Gasteiger partial charge in [0, 0.05) is 28.7 Å². The number of benzene rings is 2. The maximum absolute atomic E-state index is 14.9. The predicted molar refractivity (Wildman–Crippen MR) is 111 cm³/mol. The van der Waals surface area contributed by atoms with Crippen LogP contribution in [0.2, 0.25) is 5.02 Å². The molecule has 5 nitrogen and oxygen atoms in total. The molecule has 5 rings (SSSR count). The molecule has 1 aliphatic rings. The molecule has 0 fully saturated rings. The van der Waals surface area contributed by atoms with Crippen molar-refractivity contribution in [3.8, 4) is 0 Å². The molecule has 10 heteroatoms. The summed E-state index contributed by atoms with van der Waals surface area (Å²) >= 11 is 5.97. The van der Waals surface area contributed by atoms with Crippen LogP contribution in [0.3, 0.4) is 0 Å². The molecular weight excluding hydrogens is 446 g/mol. The van der Waals surface area contributed by atoms with Crippen LogP contribution in [-0.2, 0) is 6.42 Å². The van der Waals surface area contributed by atoms with Crippen LogP contribution < -0.4 is 4.90 Å². The highest BCUT2D eigenvalue weighted by Crippen LogP contribution is 2.42. The third-order valence-corrected chi connectivity index (χ3v) is 5.81. The second-order valence-corrected chi connectivity index (χ2v) is 7.68. The number of hydrogen-bond acceptors (Lipinski definition) is 3. The largest absolute Gasteiger partial charge is 0.358 e. The van der Waals surface area contributed by atoms with Gasteiger partial charge in [-0.3, -0.25) is 0 Å². The Morgan fingerprint density at radius 3 is 2.72 bits per heavy atom. The van der Waals surface area contributed by atoms with E-state index in [9.17, 15) is 17.6 Å². The molecule has 0 saturated carbocycles. The average molecular weight is 458 g/mol. The number of H-pyrrole nitrogens is 1. The summed E-state index contributed by atoms with van der Waals surface area (Å²) in [5.74, 6) is -4.10. The van der Waals surface area contributed by atoms with E-state index in [0.29, 0.717) is 23.0 Å². The number of hydrogen-bond donors (Lipinski definition) is 1. The lowest BCUT2D eigenvalue weighted by molar-refractivity contribution is 0.485. The first-order chi connectivity index (χ1) is 15.4. The Balaban J connectivity index is 1.76. The van der Waals surface area contributed by atoms with Crippen LogP contribution >= 0.6 is 11.6 Å². The molecule has 0 aliphatic carbocycles. The zero-order chi connectivity index (χ0) is 22.6. The van der Waals surface area contributed by atoms with Gasteiger partial charge in [0.2, 0.25) is 0 Å². The fraction of sp³-hybridized carbons (Fsp3) is 0.136. The van der Waals surface area contributed by atoms with E-state index in [1.165, 1.54) is 24.3 Å². The van der Waals surface area contributed by atoms with Gasteiger partial charge in [0.1, 0.15) is 11.9 Å². The summed E-state index contributed by atoms with van der Waals surface area (Å²) in [6, 6.07) is 5.58. The van der Waals surface area contributed by atoms with E-state index in [0.717, 1.165) is 17.8 Å². The van der Waals surface area contributed by atoms with Crippen molar-refractivity contribution < 1.29 is 17.6 Å². The quantitative estimate of drug-likeness (QED) is 0.302. The van der Waals surface area contributed by atoms with Gasteiger partial charge < -0.3 is 14.7 Å². The minimum absolute atomic E-state index is 0.0126. The van der Waals surface area contributed by atoms with Crippen LogP contribution in [0.5, 0.6) is 0 Å². The third-order valence-electron chi connectivity index (χ3n) is 5.52. The number of fused-ring (bicyclic) bond motifs is 3. The normalized spacial score (nSPS) is 15.6. The van der Waals surface area contributed by atoms with Crippen LogP contribution in [-0.4, -0.2) is 21.5 Å². The fourth-order valence-electron chi connectivity index (χ4n) is 4.12. The summed E-state index contributed by atoms with van der Waals surface area (Å²) in [6.45, 7) is 7.36. The van der Waals surface area contributed by atoms with Crippen LogP contribution in [0.25, 0.3) is 15.7 Å². The summed E-state index contributed by atoms with van der Waals surface area (Å²) in [5.41, 5.74) is 1.68. The second kappa shape index (κ2) is 7.50. The molecule has 1 N–H and O–H groups in total. The first-order valence-corrected chi connectivity index (χ1v) is 9.87. The first kappa shape index (κ1) is 20.3. The Bertz CT molecular complexity index is 1430. The van der Waals surface area contributed by atoms with Crippen LogP contribution in [0, 0.1) is 29.8 Å². The number of aromatic amines is 1. The van der Waals surface area contributed by atoms with E-state index in [1.807, 2.05) is 0 Å². The summed E-state index contributed by atoms with van der Waals surface area (Å²) in [5, 5.41) is 0.605. The highest BCUT2D eigenvalue weighted by Gasteiger charge is 2.37. The molecule has 3 heterocycles. The molecule has 0 spiro atoms. The monoisotopic (exact) mass is 457 g/mol. The van der Waals surface area contributed by atoms with Gasteiger partial charge in [0.05, 0.1) is 11.2 Å². The molecule has 0 radical (unpaired) electrons. The number of nitrogens with one attached hydrogen (secondary N) is 1. The van der Waals surface area contributed by atoms with E-state index in [1.54, 1.807) is 4.90 Å². The summed E-state index contributed by atoms with van der Waals surface area (Å²) < 4.78 is 56.9. The van der Waals surface area contributed by atoms with E-state index in [4.69, 9.17) is 18.2 Å². The van der Waals surface area contributed by atoms with Gasteiger partial charge >= 0.3 is 11.8 Å². The van der Waals surface area contributed by atoms with E-state index in [2.05, 4.69) is 19.8 Å². The number of halogens is 5. The van der Waals surface area contributed by atoms with Crippen LogP contribution in [0.15, 0.2) is 36.5 Å². The molecule has 1 atom stereocenters. The first-order valence-electron chi connectivity index (χ1n) is 9.49. The molecule has 4 aromatic rings. The molecule has 160 valence electrons. The van der Waals surface area contributed by atoms with Gasteiger partial charge in [-0.05, 0) is 30.2 Å². The molecule has 0 saturated heterocycles. The Hall–Kier alpha value is -3.64. The molecule has 2 aromatic heterocycles. The SMILES string of the molecule is [C-]#[N+]c1nc(N2CCc3c([nH]c4cc(F)c(Cl)cc34)C2c2cccc(F)c2F)ncc1F. The van der Waals surface area contributed by atoms with E-state index in [-0.39, 0.29) is 23.1 Å². The topological polar surface area (TPSA) is 49.2 Å². The summed E-state index contributed by atoms with van der Waals surface area (Å²) in [7, 11) is 0. The molecule has 0 bridgehead atoms. The molecule has 2 aromatic carbocycles. The number of aromatic nitrogens is 3. The molecule has 0 amide bonds. The van der Waals surface area contributed by atoms with Crippen molar-refractivity contribution in [2.45, 2.75) is 12.5 Å². The average Bonchev–Trinajstić information content (AvgIpc) is 3.13. The van der Waals surface area contributed by atoms with Crippen molar-refractivity contribution in [1.29, 1.82) is 0 Å². The lowest BCUT2D eigenvalue weighted by Crippen LogP contribution is -2.38. The van der Waals surface area contributed by atoms with E-state index < -0.39 is 35.1 Å². The smallest absolute Gasteiger partial charge is 0.323 e. The lowest BCUT2D eigenvalue weighted by Gasteiger charge is -2.35. The Labute approximate surface area is 184 Å². The van der Waals surface area contributed by atoms with Gasteiger partial charge in [-0.15, -0.1) is 0 Å². The van der Waals surface area contributed by atoms with Gasteiger partial charge in [0.15, 0.2) is 17.5 Å². The molecule has 32 heavy (non-hydrogen) atoms. The van der Waals surface area contributed by atoms with Crippen molar-refractivity contribution in [2.75, 3.05) is 11.4 Å². The van der Waals surface area contributed by atoms with Crippen LogP contribution in [0.4, 0.5) is 29.3 Å². The van der Waals surface area contributed by atoms with Gasteiger partial charge in [-0.25, -0.2) is 17.6 Å². The Morgan fingerprint density at radius 1 is 1.12 bits per heavy atom.